The molecule has 0 fully saturated rings. The molecule has 0 unspecified atom stereocenters. The quantitative estimate of drug-likeness (QED) is 0.302. The molecule has 29 heavy (non-hydrogen) atoms. The molecule has 2 amide bonds. The largest absolute Gasteiger partial charge is 0.356 e. The fourth-order valence-electron chi connectivity index (χ4n) is 3.28. The average molecular weight is 413 g/mol. The van der Waals surface area contributed by atoms with Gasteiger partial charge >= 0.3 is 0 Å². The Balaban J connectivity index is 1.35. The van der Waals surface area contributed by atoms with Crippen LogP contribution in [0.25, 0.3) is 0 Å². The number of amides is 2. The van der Waals surface area contributed by atoms with Crippen LogP contribution in [-0.2, 0) is 6.42 Å². The number of imide groups is 1. The van der Waals surface area contributed by atoms with Crippen LogP contribution in [0.3, 0.4) is 0 Å². The molecule has 1 aliphatic heterocycles. The number of guanidine groups is 1. The number of carbonyl (C=O) groups is 2. The lowest BCUT2D eigenvalue weighted by Crippen LogP contribution is -2.39. The first-order valence-electron chi connectivity index (χ1n) is 9.75. The van der Waals surface area contributed by atoms with E-state index in [1.165, 1.54) is 4.90 Å². The van der Waals surface area contributed by atoms with E-state index in [2.05, 4.69) is 15.6 Å². The summed E-state index contributed by atoms with van der Waals surface area (Å²) in [7, 11) is 1.73. The Hall–Kier alpha value is -2.86. The van der Waals surface area contributed by atoms with Crippen LogP contribution >= 0.6 is 11.6 Å². The van der Waals surface area contributed by atoms with Crippen LogP contribution in [0.4, 0.5) is 0 Å². The molecule has 2 N–H and O–H groups in total. The van der Waals surface area contributed by atoms with Gasteiger partial charge in [-0.3, -0.25) is 19.5 Å². The van der Waals surface area contributed by atoms with Gasteiger partial charge in [-0.25, -0.2) is 0 Å². The lowest BCUT2D eigenvalue weighted by molar-refractivity contribution is 0.0652. The number of nitrogens with one attached hydrogen (secondary N) is 2. The SMILES string of the molecule is CN=C(NCCCCN1C(=O)c2ccccc2C1=O)NCCc1ccccc1Cl. The maximum absolute atomic E-state index is 12.3. The number of nitrogens with zero attached hydrogens (tertiary/aromatic N) is 2. The van der Waals surface area contributed by atoms with Crippen LogP contribution in [0, 0.1) is 0 Å². The van der Waals surface area contributed by atoms with E-state index in [4.69, 9.17) is 11.6 Å². The summed E-state index contributed by atoms with van der Waals surface area (Å²) in [6, 6.07) is 14.8. The van der Waals surface area contributed by atoms with Crippen LogP contribution in [-0.4, -0.2) is 49.4 Å². The highest BCUT2D eigenvalue weighted by Gasteiger charge is 2.34. The maximum atomic E-state index is 12.3. The molecule has 1 heterocycles. The molecule has 0 spiro atoms. The van der Waals surface area contributed by atoms with E-state index in [0.29, 0.717) is 24.2 Å². The van der Waals surface area contributed by atoms with E-state index < -0.39 is 0 Å². The fraction of sp³-hybridized carbons (Fsp3) is 0.318. The van der Waals surface area contributed by atoms with Crippen molar-refractivity contribution >= 4 is 29.4 Å². The number of halogens is 1. The van der Waals surface area contributed by atoms with Crippen molar-refractivity contribution in [3.63, 3.8) is 0 Å². The predicted molar refractivity (Wildman–Crippen MR) is 116 cm³/mol. The summed E-state index contributed by atoms with van der Waals surface area (Å²) in [6.07, 6.45) is 2.35. The van der Waals surface area contributed by atoms with Gasteiger partial charge in [-0.1, -0.05) is 41.9 Å². The normalized spacial score (nSPS) is 13.6. The molecule has 2 aromatic rings. The number of hydrogen-bond acceptors (Lipinski definition) is 3. The summed E-state index contributed by atoms with van der Waals surface area (Å²) >= 11 is 6.17. The van der Waals surface area contributed by atoms with Crippen molar-refractivity contribution in [2.75, 3.05) is 26.7 Å². The summed E-state index contributed by atoms with van der Waals surface area (Å²) in [5.41, 5.74) is 2.09. The molecule has 0 radical (unpaired) electrons. The third-order valence-corrected chi connectivity index (χ3v) is 5.22. The molecule has 0 saturated carbocycles. The van der Waals surface area contributed by atoms with Gasteiger partial charge in [0.2, 0.25) is 0 Å². The topological polar surface area (TPSA) is 73.8 Å². The minimum Gasteiger partial charge on any atom is -0.356 e. The number of fused-ring (bicyclic) bond motifs is 1. The molecule has 2 aromatic carbocycles. The zero-order valence-electron chi connectivity index (χ0n) is 16.5. The van der Waals surface area contributed by atoms with E-state index in [9.17, 15) is 9.59 Å². The molecule has 3 rings (SSSR count). The van der Waals surface area contributed by atoms with Gasteiger partial charge < -0.3 is 10.6 Å². The highest BCUT2D eigenvalue weighted by atomic mass is 35.5. The molecular formula is C22H25ClN4O2. The Morgan fingerprint density at radius 1 is 0.931 bits per heavy atom. The Bertz CT molecular complexity index is 878. The molecule has 152 valence electrons. The number of unbranched alkanes of at least 4 members (excludes halogenated alkanes) is 1. The molecule has 0 saturated heterocycles. The number of aliphatic imine (C=N–C) groups is 1. The number of hydrogen-bond donors (Lipinski definition) is 2. The van der Waals surface area contributed by atoms with Crippen molar-refractivity contribution in [2.24, 2.45) is 4.99 Å². The Labute approximate surface area is 176 Å². The summed E-state index contributed by atoms with van der Waals surface area (Å²) in [5, 5.41) is 7.29. The highest BCUT2D eigenvalue weighted by molar-refractivity contribution is 6.31. The first-order valence-corrected chi connectivity index (χ1v) is 10.1. The van der Waals surface area contributed by atoms with Gasteiger partial charge in [0.1, 0.15) is 0 Å². The van der Waals surface area contributed by atoms with E-state index in [-0.39, 0.29) is 11.8 Å². The molecule has 1 aliphatic rings. The second-order valence-corrected chi connectivity index (χ2v) is 7.19. The van der Waals surface area contributed by atoms with Crippen molar-refractivity contribution in [3.8, 4) is 0 Å². The van der Waals surface area contributed by atoms with Gasteiger partial charge in [-0.05, 0) is 43.0 Å². The summed E-state index contributed by atoms with van der Waals surface area (Å²) in [5.74, 6) is 0.323. The standard InChI is InChI=1S/C22H25ClN4O2/c1-24-22(26-14-12-16-8-2-5-11-19(16)23)25-13-6-7-15-27-20(28)17-9-3-4-10-18(17)21(27)29/h2-5,8-11H,6-7,12-15H2,1H3,(H2,24,25,26). The van der Waals surface area contributed by atoms with E-state index in [1.54, 1.807) is 31.3 Å². The van der Waals surface area contributed by atoms with Crippen molar-refractivity contribution in [1.82, 2.24) is 15.5 Å². The van der Waals surface area contributed by atoms with Crippen LogP contribution in [0.2, 0.25) is 5.02 Å². The van der Waals surface area contributed by atoms with E-state index in [0.717, 1.165) is 42.4 Å². The van der Waals surface area contributed by atoms with Gasteiger partial charge in [0.25, 0.3) is 11.8 Å². The minimum atomic E-state index is -0.199. The fourth-order valence-corrected chi connectivity index (χ4v) is 3.51. The van der Waals surface area contributed by atoms with Crippen molar-refractivity contribution in [1.29, 1.82) is 0 Å². The number of carbonyl (C=O) groups excluding carboxylic acids is 2. The molecule has 6 nitrogen and oxygen atoms in total. The second kappa shape index (κ2) is 10.1. The van der Waals surface area contributed by atoms with Crippen molar-refractivity contribution in [3.05, 3.63) is 70.2 Å². The molecule has 0 aromatic heterocycles. The summed E-state index contributed by atoms with van der Waals surface area (Å²) < 4.78 is 0. The third-order valence-electron chi connectivity index (χ3n) is 4.85. The lowest BCUT2D eigenvalue weighted by atomic mass is 10.1. The van der Waals surface area contributed by atoms with Crippen LogP contribution in [0.1, 0.15) is 39.1 Å². The zero-order valence-corrected chi connectivity index (χ0v) is 17.2. The molecule has 0 aliphatic carbocycles. The van der Waals surface area contributed by atoms with E-state index in [1.807, 2.05) is 24.3 Å². The van der Waals surface area contributed by atoms with Crippen molar-refractivity contribution < 1.29 is 9.59 Å². The third kappa shape index (κ3) is 5.15. The number of benzene rings is 2. The van der Waals surface area contributed by atoms with Gasteiger partial charge in [-0.2, -0.15) is 0 Å². The predicted octanol–water partition coefficient (Wildman–Crippen LogP) is 3.12. The highest BCUT2D eigenvalue weighted by Crippen LogP contribution is 2.22. The van der Waals surface area contributed by atoms with Crippen molar-refractivity contribution in [2.45, 2.75) is 19.3 Å². The Kier molecular flexibility index (Phi) is 7.25. The smallest absolute Gasteiger partial charge is 0.261 e. The van der Waals surface area contributed by atoms with Gasteiger partial charge in [0, 0.05) is 31.7 Å². The maximum Gasteiger partial charge on any atom is 0.261 e. The van der Waals surface area contributed by atoms with Crippen LogP contribution in [0.15, 0.2) is 53.5 Å². The van der Waals surface area contributed by atoms with E-state index >= 15 is 0 Å². The van der Waals surface area contributed by atoms with Crippen LogP contribution < -0.4 is 10.6 Å². The molecule has 0 atom stereocenters. The Morgan fingerprint density at radius 3 is 2.21 bits per heavy atom. The monoisotopic (exact) mass is 412 g/mol. The summed E-state index contributed by atoms with van der Waals surface area (Å²) in [6.45, 7) is 1.85. The van der Waals surface area contributed by atoms with Crippen LogP contribution in [0.5, 0.6) is 0 Å². The lowest BCUT2D eigenvalue weighted by Gasteiger charge is -2.15. The summed E-state index contributed by atoms with van der Waals surface area (Å²) in [4.78, 5) is 30.2. The van der Waals surface area contributed by atoms with Gasteiger partial charge in [0.15, 0.2) is 5.96 Å². The first kappa shape index (κ1) is 20.9. The minimum absolute atomic E-state index is 0.199. The molecular weight excluding hydrogens is 388 g/mol. The van der Waals surface area contributed by atoms with Gasteiger partial charge in [0.05, 0.1) is 11.1 Å². The Morgan fingerprint density at radius 2 is 1.55 bits per heavy atom. The molecule has 7 heteroatoms. The zero-order chi connectivity index (χ0) is 20.6. The number of rotatable bonds is 8. The first-order chi connectivity index (χ1) is 14.1. The average Bonchev–Trinajstić information content (AvgIpc) is 2.98. The van der Waals surface area contributed by atoms with Gasteiger partial charge in [-0.15, -0.1) is 0 Å². The second-order valence-electron chi connectivity index (χ2n) is 6.78. The molecule has 0 bridgehead atoms.